The number of carbonyl (C=O) groups is 1. The van der Waals surface area contributed by atoms with Crippen molar-refractivity contribution in [3.63, 3.8) is 0 Å². The van der Waals surface area contributed by atoms with Gasteiger partial charge in [0.25, 0.3) is 0 Å². The molecular formula is C18H29N3O3. The minimum absolute atomic E-state index is 0.163. The number of urea groups is 1. The maximum atomic E-state index is 12.1. The molecule has 0 aliphatic heterocycles. The Morgan fingerprint density at radius 1 is 1.25 bits per heavy atom. The average molecular weight is 335 g/mol. The number of anilines is 1. The van der Waals surface area contributed by atoms with Crippen molar-refractivity contribution in [2.45, 2.75) is 51.5 Å². The van der Waals surface area contributed by atoms with Gasteiger partial charge in [0.05, 0.1) is 18.5 Å². The highest BCUT2D eigenvalue weighted by Crippen LogP contribution is 2.27. The Labute approximate surface area is 144 Å². The zero-order valence-electron chi connectivity index (χ0n) is 14.7. The Bertz CT molecular complexity index is 485. The van der Waals surface area contributed by atoms with Gasteiger partial charge in [-0.3, -0.25) is 0 Å². The average Bonchev–Trinajstić information content (AvgIpc) is 2.59. The Morgan fingerprint density at radius 3 is 2.67 bits per heavy atom. The molecule has 1 aliphatic carbocycles. The zero-order chi connectivity index (χ0) is 17.2. The fourth-order valence-electron chi connectivity index (χ4n) is 3.13. The third-order valence-corrected chi connectivity index (χ3v) is 4.41. The van der Waals surface area contributed by atoms with Crippen molar-refractivity contribution in [1.82, 2.24) is 10.3 Å². The molecule has 0 radical (unpaired) electrons. The van der Waals surface area contributed by atoms with Crippen molar-refractivity contribution < 1.29 is 14.3 Å². The van der Waals surface area contributed by atoms with Gasteiger partial charge in [0, 0.05) is 19.2 Å². The van der Waals surface area contributed by atoms with Gasteiger partial charge in [0.2, 0.25) is 5.88 Å². The normalized spacial score (nSPS) is 20.4. The van der Waals surface area contributed by atoms with Crippen molar-refractivity contribution in [2.24, 2.45) is 5.92 Å². The summed E-state index contributed by atoms with van der Waals surface area (Å²) in [6.07, 6.45) is 8.73. The lowest BCUT2D eigenvalue weighted by Crippen LogP contribution is -2.40. The fraction of sp³-hybridized carbons (Fsp3) is 0.667. The molecule has 1 aliphatic rings. The molecule has 1 heterocycles. The van der Waals surface area contributed by atoms with E-state index >= 15 is 0 Å². The van der Waals surface area contributed by atoms with Gasteiger partial charge in [0.1, 0.15) is 6.61 Å². The number of hydrogen-bond donors (Lipinski definition) is 2. The van der Waals surface area contributed by atoms with Gasteiger partial charge in [-0.2, -0.15) is 0 Å². The number of methoxy groups -OCH3 is 1. The van der Waals surface area contributed by atoms with E-state index in [9.17, 15) is 4.79 Å². The van der Waals surface area contributed by atoms with Crippen molar-refractivity contribution in [2.75, 3.05) is 25.6 Å². The van der Waals surface area contributed by atoms with Crippen LogP contribution in [0, 0.1) is 5.92 Å². The molecular weight excluding hydrogens is 306 g/mol. The maximum absolute atomic E-state index is 12.1. The van der Waals surface area contributed by atoms with E-state index in [1.807, 2.05) is 0 Å². The smallest absolute Gasteiger partial charge is 0.319 e. The highest BCUT2D eigenvalue weighted by molar-refractivity contribution is 5.89. The molecule has 24 heavy (non-hydrogen) atoms. The van der Waals surface area contributed by atoms with Crippen LogP contribution in [0.3, 0.4) is 0 Å². The van der Waals surface area contributed by atoms with E-state index in [0.717, 1.165) is 18.8 Å². The van der Waals surface area contributed by atoms with Crippen LogP contribution in [0.1, 0.15) is 45.4 Å². The molecule has 0 aromatic carbocycles. The van der Waals surface area contributed by atoms with E-state index in [-0.39, 0.29) is 12.1 Å². The summed E-state index contributed by atoms with van der Waals surface area (Å²) in [4.78, 5) is 16.2. The number of ether oxygens (including phenoxy) is 2. The summed E-state index contributed by atoms with van der Waals surface area (Å²) in [5, 5.41) is 5.89. The predicted molar refractivity (Wildman–Crippen MR) is 94.4 cm³/mol. The van der Waals surface area contributed by atoms with E-state index in [2.05, 4.69) is 22.5 Å². The van der Waals surface area contributed by atoms with Crippen LogP contribution >= 0.6 is 0 Å². The van der Waals surface area contributed by atoms with E-state index in [1.54, 1.807) is 25.4 Å². The van der Waals surface area contributed by atoms with Crippen LogP contribution in [-0.4, -0.2) is 37.4 Å². The highest BCUT2D eigenvalue weighted by atomic mass is 16.5. The number of rotatable bonds is 8. The number of carbonyl (C=O) groups excluding carboxylic acids is 1. The molecule has 0 atom stereocenters. The minimum atomic E-state index is -0.163. The van der Waals surface area contributed by atoms with E-state index in [1.165, 1.54) is 25.7 Å². The number of nitrogens with zero attached hydrogens (tertiary/aromatic N) is 1. The third-order valence-electron chi connectivity index (χ3n) is 4.41. The maximum Gasteiger partial charge on any atom is 0.319 e. The first-order chi connectivity index (χ1) is 11.7. The number of nitrogens with one attached hydrogen (secondary N) is 2. The van der Waals surface area contributed by atoms with Crippen molar-refractivity contribution in [3.05, 3.63) is 18.3 Å². The van der Waals surface area contributed by atoms with Crippen LogP contribution in [0.5, 0.6) is 5.88 Å². The zero-order valence-corrected chi connectivity index (χ0v) is 14.7. The van der Waals surface area contributed by atoms with Gasteiger partial charge in [-0.05, 0) is 37.7 Å². The third kappa shape index (κ3) is 6.35. The van der Waals surface area contributed by atoms with Crippen LogP contribution in [0.2, 0.25) is 0 Å². The number of amides is 2. The van der Waals surface area contributed by atoms with Crippen molar-refractivity contribution in [3.8, 4) is 5.88 Å². The summed E-state index contributed by atoms with van der Waals surface area (Å²) >= 11 is 0. The molecule has 0 unspecified atom stereocenters. The summed E-state index contributed by atoms with van der Waals surface area (Å²) in [7, 11) is 1.62. The molecule has 6 heteroatoms. The predicted octanol–water partition coefficient (Wildman–Crippen LogP) is 3.59. The Balaban J connectivity index is 1.70. The molecule has 134 valence electrons. The monoisotopic (exact) mass is 335 g/mol. The van der Waals surface area contributed by atoms with Gasteiger partial charge >= 0.3 is 6.03 Å². The second kappa shape index (κ2) is 10.1. The second-order valence-electron chi connectivity index (χ2n) is 6.33. The van der Waals surface area contributed by atoms with Gasteiger partial charge in [0.15, 0.2) is 0 Å². The summed E-state index contributed by atoms with van der Waals surface area (Å²) in [5.41, 5.74) is 0.659. The molecule has 1 aromatic rings. The van der Waals surface area contributed by atoms with E-state index in [4.69, 9.17) is 9.47 Å². The molecule has 1 saturated carbocycles. The molecule has 0 saturated heterocycles. The SMILES string of the molecule is CCCC1CCC(NC(=O)Nc2ccc(OCCOC)nc2)CC1. The quantitative estimate of drug-likeness (QED) is 0.712. The largest absolute Gasteiger partial charge is 0.475 e. The molecule has 2 N–H and O–H groups in total. The highest BCUT2D eigenvalue weighted by Gasteiger charge is 2.21. The summed E-state index contributed by atoms with van der Waals surface area (Å²) in [6, 6.07) is 3.64. The lowest BCUT2D eigenvalue weighted by atomic mass is 9.83. The summed E-state index contributed by atoms with van der Waals surface area (Å²) in [5.74, 6) is 1.36. The standard InChI is InChI=1S/C18H29N3O3/c1-3-4-14-5-7-15(8-6-14)20-18(22)21-16-9-10-17(19-13-16)24-12-11-23-2/h9-10,13-15H,3-8,11-12H2,1-2H3,(H2,20,21,22). The topological polar surface area (TPSA) is 72.5 Å². The van der Waals surface area contributed by atoms with Crippen LogP contribution in [-0.2, 0) is 4.74 Å². The van der Waals surface area contributed by atoms with Crippen LogP contribution in [0.25, 0.3) is 0 Å². The Morgan fingerprint density at radius 2 is 2.04 bits per heavy atom. The van der Waals surface area contributed by atoms with Crippen LogP contribution in [0.15, 0.2) is 18.3 Å². The molecule has 6 nitrogen and oxygen atoms in total. The van der Waals surface area contributed by atoms with E-state index < -0.39 is 0 Å². The molecule has 1 fully saturated rings. The fourth-order valence-corrected chi connectivity index (χ4v) is 3.13. The van der Waals surface area contributed by atoms with Crippen LogP contribution in [0.4, 0.5) is 10.5 Å². The summed E-state index contributed by atoms with van der Waals surface area (Å²) < 4.78 is 10.3. The molecule has 2 rings (SSSR count). The number of aromatic nitrogens is 1. The number of hydrogen-bond acceptors (Lipinski definition) is 4. The van der Waals surface area contributed by atoms with Gasteiger partial charge in [-0.15, -0.1) is 0 Å². The Hall–Kier alpha value is -1.82. The Kier molecular flexibility index (Phi) is 7.82. The molecule has 2 amide bonds. The first-order valence-electron chi connectivity index (χ1n) is 8.86. The van der Waals surface area contributed by atoms with Gasteiger partial charge in [-0.25, -0.2) is 9.78 Å². The van der Waals surface area contributed by atoms with Crippen molar-refractivity contribution in [1.29, 1.82) is 0 Å². The number of pyridine rings is 1. The molecule has 0 spiro atoms. The second-order valence-corrected chi connectivity index (χ2v) is 6.33. The molecule has 1 aromatic heterocycles. The van der Waals surface area contributed by atoms with Gasteiger partial charge in [-0.1, -0.05) is 19.8 Å². The first-order valence-corrected chi connectivity index (χ1v) is 8.86. The van der Waals surface area contributed by atoms with Crippen molar-refractivity contribution >= 4 is 11.7 Å². The lowest BCUT2D eigenvalue weighted by molar-refractivity contribution is 0.144. The summed E-state index contributed by atoms with van der Waals surface area (Å²) in [6.45, 7) is 3.21. The first kappa shape index (κ1) is 18.5. The molecule has 0 bridgehead atoms. The lowest BCUT2D eigenvalue weighted by Gasteiger charge is -2.28. The van der Waals surface area contributed by atoms with Crippen LogP contribution < -0.4 is 15.4 Å². The van der Waals surface area contributed by atoms with Gasteiger partial charge < -0.3 is 20.1 Å². The van der Waals surface area contributed by atoms with E-state index in [0.29, 0.717) is 24.8 Å². The minimum Gasteiger partial charge on any atom is -0.475 e.